The number of nitrogens with zero attached hydrogens (tertiary/aromatic N) is 2. The number of imide groups is 1. The predicted octanol–water partition coefficient (Wildman–Crippen LogP) is 3.55. The highest BCUT2D eigenvalue weighted by Crippen LogP contribution is 2.52. The molecule has 29 heavy (non-hydrogen) atoms. The van der Waals surface area contributed by atoms with Gasteiger partial charge in [-0.2, -0.15) is 10.1 Å². The number of carbonyl (C=O) groups excluding carboxylic acids is 2. The number of amides is 2. The third kappa shape index (κ3) is 3.14. The molecule has 4 atom stereocenters. The normalized spacial score (nSPS) is 27.3. The monoisotopic (exact) mass is 390 g/mol. The Morgan fingerprint density at radius 2 is 1.59 bits per heavy atom. The molecule has 2 aliphatic carbocycles. The highest BCUT2D eigenvalue weighted by Gasteiger charge is 2.59. The molecule has 2 aromatic rings. The van der Waals surface area contributed by atoms with E-state index in [9.17, 15) is 14.0 Å². The topological polar surface area (TPSA) is 59.0 Å². The van der Waals surface area contributed by atoms with Gasteiger partial charge in [-0.15, -0.1) is 0 Å². The van der Waals surface area contributed by atoms with E-state index in [1.165, 1.54) is 18.3 Å². The maximum atomic E-state index is 12.9. The molecule has 1 saturated carbocycles. The summed E-state index contributed by atoms with van der Waals surface area (Å²) in [5.74, 6) is -0.108. The van der Waals surface area contributed by atoms with E-state index in [1.807, 2.05) is 0 Å². The zero-order valence-electron chi connectivity index (χ0n) is 15.6. The molecule has 4 unspecified atom stereocenters. The number of fused-ring (bicyclic) bond motifs is 5. The summed E-state index contributed by atoms with van der Waals surface area (Å²) in [6.45, 7) is 0.337. The molecule has 1 heterocycles. The van der Waals surface area contributed by atoms with Gasteiger partial charge in [0, 0.05) is 0 Å². The first-order valence-corrected chi connectivity index (χ1v) is 9.67. The number of rotatable bonds is 5. The third-order valence-corrected chi connectivity index (χ3v) is 5.97. The summed E-state index contributed by atoms with van der Waals surface area (Å²) >= 11 is 0. The van der Waals surface area contributed by atoms with Crippen molar-refractivity contribution in [3.05, 3.63) is 77.6 Å². The van der Waals surface area contributed by atoms with Gasteiger partial charge in [0.05, 0.1) is 18.1 Å². The van der Waals surface area contributed by atoms with Crippen molar-refractivity contribution in [3.8, 4) is 5.75 Å². The van der Waals surface area contributed by atoms with E-state index in [4.69, 9.17) is 4.74 Å². The molecule has 5 nitrogen and oxygen atoms in total. The van der Waals surface area contributed by atoms with Crippen LogP contribution in [-0.2, 0) is 16.2 Å². The minimum Gasteiger partial charge on any atom is -0.489 e. The van der Waals surface area contributed by atoms with Crippen molar-refractivity contribution in [3.63, 3.8) is 0 Å². The van der Waals surface area contributed by atoms with Crippen LogP contribution in [0.15, 0.2) is 65.8 Å². The van der Waals surface area contributed by atoms with Gasteiger partial charge in [-0.05, 0) is 65.8 Å². The maximum absolute atomic E-state index is 12.9. The fourth-order valence-corrected chi connectivity index (χ4v) is 4.52. The van der Waals surface area contributed by atoms with Crippen molar-refractivity contribution >= 4 is 18.0 Å². The van der Waals surface area contributed by atoms with Crippen molar-refractivity contribution in [2.24, 2.45) is 28.8 Å². The molecule has 1 saturated heterocycles. The molecule has 1 aliphatic heterocycles. The van der Waals surface area contributed by atoms with E-state index in [0.29, 0.717) is 12.4 Å². The van der Waals surface area contributed by atoms with Crippen LogP contribution in [0.2, 0.25) is 0 Å². The highest BCUT2D eigenvalue weighted by molar-refractivity contribution is 6.06. The van der Waals surface area contributed by atoms with Crippen molar-refractivity contribution in [2.75, 3.05) is 0 Å². The van der Waals surface area contributed by atoms with Gasteiger partial charge < -0.3 is 4.74 Å². The molecule has 2 fully saturated rings. The van der Waals surface area contributed by atoms with Crippen LogP contribution in [0, 0.1) is 29.5 Å². The number of hydrazone groups is 1. The fraction of sp³-hybridized carbons (Fsp3) is 0.261. The molecule has 2 aromatic carbocycles. The van der Waals surface area contributed by atoms with Crippen LogP contribution in [0.3, 0.4) is 0 Å². The molecular weight excluding hydrogens is 371 g/mol. The summed E-state index contributed by atoms with van der Waals surface area (Å²) in [4.78, 5) is 25.2. The lowest BCUT2D eigenvalue weighted by molar-refractivity contribution is -0.140. The summed E-state index contributed by atoms with van der Waals surface area (Å²) in [5.41, 5.74) is 1.63. The zero-order chi connectivity index (χ0) is 20.0. The Kier molecular flexibility index (Phi) is 4.27. The average molecular weight is 390 g/mol. The maximum Gasteiger partial charge on any atom is 0.254 e. The molecule has 3 aliphatic rings. The molecule has 146 valence electrons. The van der Waals surface area contributed by atoms with Gasteiger partial charge in [-0.25, -0.2) is 4.39 Å². The number of halogens is 1. The van der Waals surface area contributed by atoms with Crippen molar-refractivity contribution in [1.29, 1.82) is 0 Å². The summed E-state index contributed by atoms with van der Waals surface area (Å²) < 4.78 is 18.6. The number of hydrogen-bond acceptors (Lipinski definition) is 4. The molecule has 0 radical (unpaired) electrons. The predicted molar refractivity (Wildman–Crippen MR) is 104 cm³/mol. The average Bonchev–Trinajstić information content (AvgIpc) is 3.41. The van der Waals surface area contributed by atoms with E-state index in [-0.39, 0.29) is 41.3 Å². The molecule has 6 heteroatoms. The van der Waals surface area contributed by atoms with Crippen LogP contribution >= 0.6 is 0 Å². The van der Waals surface area contributed by atoms with Gasteiger partial charge in [0.2, 0.25) is 0 Å². The molecule has 2 amide bonds. The van der Waals surface area contributed by atoms with Crippen molar-refractivity contribution < 1.29 is 18.7 Å². The smallest absolute Gasteiger partial charge is 0.254 e. The first kappa shape index (κ1) is 17.8. The van der Waals surface area contributed by atoms with E-state index in [1.54, 1.807) is 36.4 Å². The first-order valence-electron chi connectivity index (χ1n) is 9.67. The number of carbonyl (C=O) groups is 2. The van der Waals surface area contributed by atoms with Crippen LogP contribution in [-0.4, -0.2) is 23.0 Å². The fourth-order valence-electron chi connectivity index (χ4n) is 4.52. The van der Waals surface area contributed by atoms with Crippen LogP contribution in [0.25, 0.3) is 0 Å². The minimum atomic E-state index is -0.278. The summed E-state index contributed by atoms with van der Waals surface area (Å²) in [5, 5.41) is 5.21. The molecular formula is C23H19FN2O3. The van der Waals surface area contributed by atoms with E-state index >= 15 is 0 Å². The van der Waals surface area contributed by atoms with Crippen LogP contribution in [0.5, 0.6) is 5.75 Å². The van der Waals surface area contributed by atoms with E-state index in [2.05, 4.69) is 17.3 Å². The number of allylic oxidation sites excluding steroid dienone is 2. The van der Waals surface area contributed by atoms with E-state index < -0.39 is 0 Å². The lowest BCUT2D eigenvalue weighted by Crippen LogP contribution is -2.28. The Morgan fingerprint density at radius 1 is 0.966 bits per heavy atom. The highest BCUT2D eigenvalue weighted by atomic mass is 19.1. The third-order valence-electron chi connectivity index (χ3n) is 5.97. The lowest BCUT2D eigenvalue weighted by Gasteiger charge is -2.13. The molecule has 0 spiro atoms. The van der Waals surface area contributed by atoms with Gasteiger partial charge in [0.1, 0.15) is 18.2 Å². The molecule has 5 rings (SSSR count). The van der Waals surface area contributed by atoms with Crippen LogP contribution < -0.4 is 4.74 Å². The van der Waals surface area contributed by atoms with Gasteiger partial charge in [-0.1, -0.05) is 24.3 Å². The summed E-state index contributed by atoms with van der Waals surface area (Å²) in [6, 6.07) is 13.3. The Balaban J connectivity index is 1.22. The Hall–Kier alpha value is -3.28. The molecule has 2 bridgehead atoms. The largest absolute Gasteiger partial charge is 0.489 e. The standard InChI is InChI=1S/C23H19FN2O3/c24-18-7-1-15(2-8-18)13-29-19-9-3-14(4-10-19)12-25-26-22(27)20-16-5-6-17(11-16)21(20)23(26)28/h1-10,12,16-17,20-21H,11,13H2. The van der Waals surface area contributed by atoms with E-state index in [0.717, 1.165) is 22.6 Å². The van der Waals surface area contributed by atoms with Gasteiger partial charge in [0.15, 0.2) is 0 Å². The number of ether oxygens (including phenoxy) is 1. The zero-order valence-corrected chi connectivity index (χ0v) is 15.6. The van der Waals surface area contributed by atoms with Crippen molar-refractivity contribution in [2.45, 2.75) is 13.0 Å². The Labute approximate surface area is 167 Å². The quantitative estimate of drug-likeness (QED) is 0.446. The first-order chi connectivity index (χ1) is 14.1. The van der Waals surface area contributed by atoms with Crippen LogP contribution in [0.1, 0.15) is 17.5 Å². The number of hydrogen-bond donors (Lipinski definition) is 0. The molecule has 0 N–H and O–H groups in total. The summed E-state index contributed by atoms with van der Waals surface area (Å²) in [6.07, 6.45) is 6.56. The van der Waals surface area contributed by atoms with Crippen LogP contribution in [0.4, 0.5) is 4.39 Å². The van der Waals surface area contributed by atoms with Gasteiger partial charge >= 0.3 is 0 Å². The molecule has 0 aromatic heterocycles. The van der Waals surface area contributed by atoms with Gasteiger partial charge in [-0.3, -0.25) is 9.59 Å². The Morgan fingerprint density at radius 3 is 2.21 bits per heavy atom. The Bertz CT molecular complexity index is 983. The SMILES string of the molecule is O=C1C2C3C=CC(C3)C2C(=O)N1N=Cc1ccc(OCc2ccc(F)cc2)cc1. The minimum absolute atomic E-state index is 0.180. The second-order valence-corrected chi connectivity index (χ2v) is 7.72. The van der Waals surface area contributed by atoms with Gasteiger partial charge in [0.25, 0.3) is 11.8 Å². The lowest BCUT2D eigenvalue weighted by atomic mass is 9.85. The van der Waals surface area contributed by atoms with Crippen molar-refractivity contribution in [1.82, 2.24) is 5.01 Å². The summed E-state index contributed by atoms with van der Waals surface area (Å²) in [7, 11) is 0. The second kappa shape index (κ2) is 6.95. The number of benzene rings is 2. The second-order valence-electron chi connectivity index (χ2n) is 7.72.